The van der Waals surface area contributed by atoms with Crippen LogP contribution in [0.15, 0.2) is 0 Å². The van der Waals surface area contributed by atoms with E-state index < -0.39 is 6.43 Å². The second-order valence-corrected chi connectivity index (χ2v) is 5.25. The highest BCUT2D eigenvalue weighted by atomic mass is 19.3. The number of terminal acetylenes is 1. The lowest BCUT2D eigenvalue weighted by atomic mass is 9.96. The molecule has 1 rings (SSSR count). The zero-order valence-corrected chi connectivity index (χ0v) is 10.9. The van der Waals surface area contributed by atoms with E-state index in [1.165, 1.54) is 0 Å². The SMILES string of the molecule is C#CC(C)(C)N1CCC(N(C)CC(F)F)CC1. The summed E-state index contributed by atoms with van der Waals surface area (Å²) in [5.74, 6) is 2.78. The number of likely N-dealkylation sites (tertiary alicyclic amines) is 1. The number of hydrogen-bond acceptors (Lipinski definition) is 2. The summed E-state index contributed by atoms with van der Waals surface area (Å²) >= 11 is 0. The van der Waals surface area contributed by atoms with Gasteiger partial charge >= 0.3 is 0 Å². The van der Waals surface area contributed by atoms with E-state index in [9.17, 15) is 8.78 Å². The first kappa shape index (κ1) is 14.4. The van der Waals surface area contributed by atoms with Gasteiger partial charge in [0, 0.05) is 19.1 Å². The molecule has 0 amide bonds. The van der Waals surface area contributed by atoms with Crippen molar-refractivity contribution in [1.82, 2.24) is 9.80 Å². The van der Waals surface area contributed by atoms with Gasteiger partial charge in [0.15, 0.2) is 0 Å². The molecule has 0 aromatic carbocycles. The number of hydrogen-bond donors (Lipinski definition) is 0. The van der Waals surface area contributed by atoms with Gasteiger partial charge in [-0.2, -0.15) is 0 Å². The van der Waals surface area contributed by atoms with Crippen molar-refractivity contribution in [1.29, 1.82) is 0 Å². The van der Waals surface area contributed by atoms with E-state index in [0.717, 1.165) is 25.9 Å². The Kier molecular flexibility index (Phi) is 4.91. The van der Waals surface area contributed by atoms with Gasteiger partial charge < -0.3 is 0 Å². The van der Waals surface area contributed by atoms with E-state index in [4.69, 9.17) is 6.42 Å². The second-order valence-electron chi connectivity index (χ2n) is 5.25. The van der Waals surface area contributed by atoms with Gasteiger partial charge in [0.2, 0.25) is 0 Å². The molecule has 0 aromatic rings. The third-order valence-electron chi connectivity index (χ3n) is 3.66. The zero-order valence-electron chi connectivity index (χ0n) is 10.9. The highest BCUT2D eigenvalue weighted by Gasteiger charge is 2.30. The lowest BCUT2D eigenvalue weighted by Gasteiger charge is -2.42. The minimum absolute atomic E-state index is 0.136. The molecule has 0 saturated carbocycles. The minimum Gasteiger partial charge on any atom is -0.298 e. The summed E-state index contributed by atoms with van der Waals surface area (Å²) in [6.45, 7) is 5.68. The fraction of sp³-hybridized carbons (Fsp3) is 0.846. The first-order valence-corrected chi connectivity index (χ1v) is 6.08. The van der Waals surface area contributed by atoms with Gasteiger partial charge in [-0.15, -0.1) is 6.42 Å². The third-order valence-corrected chi connectivity index (χ3v) is 3.66. The normalized spacial score (nSPS) is 19.9. The Morgan fingerprint density at radius 1 is 1.41 bits per heavy atom. The molecule has 17 heavy (non-hydrogen) atoms. The van der Waals surface area contributed by atoms with Gasteiger partial charge in [-0.25, -0.2) is 8.78 Å². The molecule has 1 fully saturated rings. The quantitative estimate of drug-likeness (QED) is 0.698. The van der Waals surface area contributed by atoms with Crippen LogP contribution in [0.1, 0.15) is 26.7 Å². The summed E-state index contributed by atoms with van der Waals surface area (Å²) in [6, 6.07) is 0.258. The van der Waals surface area contributed by atoms with Crippen molar-refractivity contribution in [3.05, 3.63) is 0 Å². The molecule has 4 heteroatoms. The molecule has 0 atom stereocenters. The lowest BCUT2D eigenvalue weighted by molar-refractivity contribution is 0.0433. The van der Waals surface area contributed by atoms with Gasteiger partial charge in [-0.1, -0.05) is 5.92 Å². The fourth-order valence-electron chi connectivity index (χ4n) is 2.32. The molecule has 1 heterocycles. The molecule has 0 unspecified atom stereocenters. The minimum atomic E-state index is -2.25. The Morgan fingerprint density at radius 2 is 1.94 bits per heavy atom. The number of alkyl halides is 2. The van der Waals surface area contributed by atoms with Crippen molar-refractivity contribution in [3.8, 4) is 12.3 Å². The standard InChI is InChI=1S/C13H22F2N2/c1-5-13(2,3)17-8-6-11(7-9-17)16(4)10-12(14)15/h1,11-12H,6-10H2,2-4H3. The molecular weight excluding hydrogens is 222 g/mol. The van der Waals surface area contributed by atoms with E-state index in [0.29, 0.717) is 0 Å². The molecule has 1 saturated heterocycles. The molecule has 0 spiro atoms. The first-order chi connectivity index (χ1) is 7.86. The van der Waals surface area contributed by atoms with E-state index in [2.05, 4.69) is 10.8 Å². The molecule has 0 bridgehead atoms. The van der Waals surface area contributed by atoms with E-state index in [1.54, 1.807) is 11.9 Å². The summed E-state index contributed by atoms with van der Waals surface area (Å²) in [4.78, 5) is 4.02. The molecular formula is C13H22F2N2. The zero-order chi connectivity index (χ0) is 13.1. The Labute approximate surface area is 103 Å². The van der Waals surface area contributed by atoms with Crippen LogP contribution < -0.4 is 0 Å². The molecule has 0 N–H and O–H groups in total. The molecule has 0 aromatic heterocycles. The maximum absolute atomic E-state index is 12.3. The third kappa shape index (κ3) is 3.93. The van der Waals surface area contributed by atoms with E-state index in [-0.39, 0.29) is 18.1 Å². The topological polar surface area (TPSA) is 6.48 Å². The van der Waals surface area contributed by atoms with Crippen molar-refractivity contribution in [3.63, 3.8) is 0 Å². The van der Waals surface area contributed by atoms with Crippen LogP contribution in [0.5, 0.6) is 0 Å². The van der Waals surface area contributed by atoms with Gasteiger partial charge in [0.1, 0.15) is 0 Å². The number of halogens is 2. The lowest BCUT2D eigenvalue weighted by Crippen LogP contribution is -2.51. The molecule has 0 aliphatic carbocycles. The van der Waals surface area contributed by atoms with Crippen molar-refractivity contribution in [2.45, 2.75) is 44.7 Å². The van der Waals surface area contributed by atoms with Crippen molar-refractivity contribution in [2.24, 2.45) is 0 Å². The monoisotopic (exact) mass is 244 g/mol. The summed E-state index contributed by atoms with van der Waals surface area (Å²) in [5.41, 5.74) is -0.230. The Morgan fingerprint density at radius 3 is 2.35 bits per heavy atom. The molecule has 2 nitrogen and oxygen atoms in total. The van der Waals surface area contributed by atoms with Gasteiger partial charge in [0.25, 0.3) is 6.43 Å². The highest BCUT2D eigenvalue weighted by Crippen LogP contribution is 2.22. The van der Waals surface area contributed by atoms with Gasteiger partial charge in [-0.3, -0.25) is 9.80 Å². The van der Waals surface area contributed by atoms with Gasteiger partial charge in [0.05, 0.1) is 12.1 Å². The van der Waals surface area contributed by atoms with Crippen LogP contribution >= 0.6 is 0 Å². The first-order valence-electron chi connectivity index (χ1n) is 6.08. The average Bonchev–Trinajstić information content (AvgIpc) is 2.28. The summed E-state index contributed by atoms with van der Waals surface area (Å²) in [6.07, 6.45) is 5.07. The average molecular weight is 244 g/mol. The molecule has 0 radical (unpaired) electrons. The van der Waals surface area contributed by atoms with E-state index in [1.807, 2.05) is 13.8 Å². The van der Waals surface area contributed by atoms with Crippen LogP contribution in [-0.2, 0) is 0 Å². The fourth-order valence-corrected chi connectivity index (χ4v) is 2.32. The maximum Gasteiger partial charge on any atom is 0.251 e. The van der Waals surface area contributed by atoms with Gasteiger partial charge in [-0.05, 0) is 33.7 Å². The highest BCUT2D eigenvalue weighted by molar-refractivity contribution is 5.09. The Hall–Kier alpha value is -0.660. The van der Waals surface area contributed by atoms with Crippen LogP contribution in [0.25, 0.3) is 0 Å². The van der Waals surface area contributed by atoms with Crippen LogP contribution in [0.3, 0.4) is 0 Å². The predicted molar refractivity (Wildman–Crippen MR) is 66.1 cm³/mol. The van der Waals surface area contributed by atoms with Crippen molar-refractivity contribution < 1.29 is 8.78 Å². The molecule has 98 valence electrons. The van der Waals surface area contributed by atoms with E-state index >= 15 is 0 Å². The second kappa shape index (κ2) is 5.79. The van der Waals surface area contributed by atoms with Crippen LogP contribution in [0.4, 0.5) is 8.78 Å². The Bertz CT molecular complexity index is 276. The number of nitrogens with zero attached hydrogens (tertiary/aromatic N) is 2. The summed E-state index contributed by atoms with van der Waals surface area (Å²) in [7, 11) is 1.78. The molecule has 1 aliphatic rings. The predicted octanol–water partition coefficient (Wildman–Crippen LogP) is 2.06. The maximum atomic E-state index is 12.3. The summed E-state index contributed by atoms with van der Waals surface area (Å²) in [5, 5.41) is 0. The molecule has 1 aliphatic heterocycles. The van der Waals surface area contributed by atoms with Crippen LogP contribution in [0.2, 0.25) is 0 Å². The smallest absolute Gasteiger partial charge is 0.251 e. The number of piperidine rings is 1. The Balaban J connectivity index is 2.44. The largest absolute Gasteiger partial charge is 0.298 e. The van der Waals surface area contributed by atoms with Crippen molar-refractivity contribution >= 4 is 0 Å². The van der Waals surface area contributed by atoms with Crippen molar-refractivity contribution in [2.75, 3.05) is 26.7 Å². The number of rotatable bonds is 4. The summed E-state index contributed by atoms with van der Waals surface area (Å²) < 4.78 is 24.6. The van der Waals surface area contributed by atoms with Crippen LogP contribution in [-0.4, -0.2) is 54.5 Å². The van der Waals surface area contributed by atoms with Crippen LogP contribution in [0, 0.1) is 12.3 Å².